The average Bonchev–Trinajstić information content (AvgIpc) is 3.49. The predicted octanol–water partition coefficient (Wildman–Crippen LogP) is 5.25. The van der Waals surface area contributed by atoms with Crippen molar-refractivity contribution in [3.05, 3.63) is 76.1 Å². The van der Waals surface area contributed by atoms with E-state index in [4.69, 9.17) is 11.6 Å². The van der Waals surface area contributed by atoms with E-state index < -0.39 is 0 Å². The Hall–Kier alpha value is -3.16. The van der Waals surface area contributed by atoms with Gasteiger partial charge in [-0.05, 0) is 55.3 Å². The molecule has 0 aliphatic heterocycles. The van der Waals surface area contributed by atoms with Gasteiger partial charge in [0.1, 0.15) is 0 Å². The molecule has 1 aliphatic carbocycles. The summed E-state index contributed by atoms with van der Waals surface area (Å²) >= 11 is 7.39. The highest BCUT2D eigenvalue weighted by Crippen LogP contribution is 2.32. The van der Waals surface area contributed by atoms with E-state index in [0.29, 0.717) is 31.8 Å². The first-order valence-electron chi connectivity index (χ1n) is 9.37. The summed E-state index contributed by atoms with van der Waals surface area (Å²) in [4.78, 5) is 37.4. The van der Waals surface area contributed by atoms with Crippen molar-refractivity contribution in [1.29, 1.82) is 0 Å². The quantitative estimate of drug-likeness (QED) is 0.490. The Labute approximate surface area is 182 Å². The summed E-state index contributed by atoms with van der Waals surface area (Å²) in [7, 11) is 0. The topological polar surface area (TPSA) is 87.3 Å². The number of carbonyl (C=O) groups is 3. The van der Waals surface area contributed by atoms with E-state index in [0.717, 1.165) is 12.8 Å². The number of nitrogens with one attached hydrogen (secondary N) is 3. The van der Waals surface area contributed by atoms with Crippen LogP contribution in [0, 0.1) is 5.92 Å². The highest BCUT2D eigenvalue weighted by molar-refractivity contribution is 7.18. The number of halogens is 1. The summed E-state index contributed by atoms with van der Waals surface area (Å²) in [6.45, 7) is 0. The lowest BCUT2D eigenvalue weighted by molar-refractivity contribution is -0.117. The summed E-state index contributed by atoms with van der Waals surface area (Å²) < 4.78 is 0. The van der Waals surface area contributed by atoms with E-state index in [1.807, 2.05) is 18.2 Å². The number of para-hydroxylation sites is 1. The van der Waals surface area contributed by atoms with Crippen molar-refractivity contribution in [3.63, 3.8) is 0 Å². The van der Waals surface area contributed by atoms with Crippen LogP contribution in [0.2, 0.25) is 5.02 Å². The van der Waals surface area contributed by atoms with Gasteiger partial charge in [-0.25, -0.2) is 0 Å². The van der Waals surface area contributed by atoms with Gasteiger partial charge in [0.05, 0.1) is 20.6 Å². The Morgan fingerprint density at radius 2 is 1.63 bits per heavy atom. The van der Waals surface area contributed by atoms with Gasteiger partial charge in [-0.15, -0.1) is 11.3 Å². The van der Waals surface area contributed by atoms with Gasteiger partial charge in [0, 0.05) is 17.2 Å². The van der Waals surface area contributed by atoms with Crippen molar-refractivity contribution >= 4 is 57.0 Å². The van der Waals surface area contributed by atoms with Gasteiger partial charge in [-0.3, -0.25) is 14.4 Å². The molecular formula is C22H18ClN3O3S. The Morgan fingerprint density at radius 3 is 2.37 bits per heavy atom. The van der Waals surface area contributed by atoms with E-state index in [1.54, 1.807) is 36.4 Å². The molecule has 1 saturated carbocycles. The number of rotatable bonds is 6. The first-order valence-corrected chi connectivity index (χ1v) is 10.6. The zero-order chi connectivity index (χ0) is 21.1. The van der Waals surface area contributed by atoms with E-state index in [2.05, 4.69) is 16.0 Å². The number of amides is 3. The van der Waals surface area contributed by atoms with Crippen molar-refractivity contribution < 1.29 is 14.4 Å². The molecule has 3 aromatic rings. The number of anilines is 3. The van der Waals surface area contributed by atoms with Gasteiger partial charge in [-0.1, -0.05) is 29.8 Å². The van der Waals surface area contributed by atoms with Crippen molar-refractivity contribution in [3.8, 4) is 0 Å². The molecule has 0 atom stereocenters. The fraction of sp³-hybridized carbons (Fsp3) is 0.136. The molecule has 30 heavy (non-hydrogen) atoms. The largest absolute Gasteiger partial charge is 0.322 e. The summed E-state index contributed by atoms with van der Waals surface area (Å²) in [6.07, 6.45) is 1.83. The molecule has 3 N–H and O–H groups in total. The maximum Gasteiger partial charge on any atom is 0.265 e. The monoisotopic (exact) mass is 439 g/mol. The molecule has 8 heteroatoms. The highest BCUT2D eigenvalue weighted by Gasteiger charge is 2.30. The van der Waals surface area contributed by atoms with E-state index in [9.17, 15) is 14.4 Å². The second-order valence-corrected chi connectivity index (χ2v) is 8.39. The minimum Gasteiger partial charge on any atom is -0.322 e. The normalized spacial score (nSPS) is 12.8. The molecule has 0 spiro atoms. The number of thiophene rings is 1. The Balaban J connectivity index is 1.44. The lowest BCUT2D eigenvalue weighted by atomic mass is 10.1. The van der Waals surface area contributed by atoms with Crippen LogP contribution in [0.15, 0.2) is 60.7 Å². The van der Waals surface area contributed by atoms with E-state index in [-0.39, 0.29) is 23.6 Å². The molecule has 2 aromatic carbocycles. The molecule has 4 rings (SSSR count). The second kappa shape index (κ2) is 8.69. The number of hydrogen-bond donors (Lipinski definition) is 3. The van der Waals surface area contributed by atoms with Crippen LogP contribution in [-0.4, -0.2) is 17.7 Å². The van der Waals surface area contributed by atoms with Crippen LogP contribution in [0.5, 0.6) is 0 Å². The molecule has 1 heterocycles. The van der Waals surface area contributed by atoms with Crippen LogP contribution >= 0.6 is 22.9 Å². The number of carbonyl (C=O) groups excluding carboxylic acids is 3. The lowest BCUT2D eigenvalue weighted by Gasteiger charge is -2.10. The van der Waals surface area contributed by atoms with Gasteiger partial charge in [-0.2, -0.15) is 0 Å². The van der Waals surface area contributed by atoms with Crippen molar-refractivity contribution in [2.75, 3.05) is 16.0 Å². The highest BCUT2D eigenvalue weighted by atomic mass is 35.5. The van der Waals surface area contributed by atoms with Crippen molar-refractivity contribution in [2.24, 2.45) is 5.92 Å². The molecule has 0 bridgehead atoms. The standard InChI is InChI=1S/C22H18ClN3O3S/c23-16-9-8-14(21(28)24-15-4-2-1-3-5-15)12-17(16)25-22(29)18-10-11-19(30-18)26-20(27)13-6-7-13/h1-5,8-13H,6-7H2,(H,24,28)(H,25,29)(H,26,27). The first kappa shape index (κ1) is 20.1. The van der Waals surface area contributed by atoms with Gasteiger partial charge >= 0.3 is 0 Å². The molecule has 152 valence electrons. The summed E-state index contributed by atoms with van der Waals surface area (Å²) in [5, 5.41) is 9.29. The van der Waals surface area contributed by atoms with Crippen LogP contribution in [0.25, 0.3) is 0 Å². The van der Waals surface area contributed by atoms with Crippen LogP contribution < -0.4 is 16.0 Å². The molecule has 0 radical (unpaired) electrons. The third-order valence-electron chi connectivity index (χ3n) is 4.53. The summed E-state index contributed by atoms with van der Waals surface area (Å²) in [6, 6.07) is 17.1. The number of benzene rings is 2. The first-order chi connectivity index (χ1) is 14.5. The lowest BCUT2D eigenvalue weighted by Crippen LogP contribution is -2.14. The zero-order valence-corrected chi connectivity index (χ0v) is 17.3. The van der Waals surface area contributed by atoms with Crippen LogP contribution in [0.3, 0.4) is 0 Å². The third kappa shape index (κ3) is 4.87. The molecule has 0 saturated heterocycles. The summed E-state index contributed by atoms with van der Waals surface area (Å²) in [5.74, 6) is -0.596. The minimum atomic E-state index is -0.366. The predicted molar refractivity (Wildman–Crippen MR) is 119 cm³/mol. The third-order valence-corrected chi connectivity index (χ3v) is 5.86. The molecule has 3 amide bonds. The van der Waals surface area contributed by atoms with E-state index in [1.165, 1.54) is 17.4 Å². The van der Waals surface area contributed by atoms with Crippen molar-refractivity contribution in [2.45, 2.75) is 12.8 Å². The van der Waals surface area contributed by atoms with Crippen molar-refractivity contribution in [1.82, 2.24) is 0 Å². The molecular weight excluding hydrogens is 422 g/mol. The zero-order valence-electron chi connectivity index (χ0n) is 15.8. The SMILES string of the molecule is O=C(Nc1ccccc1)c1ccc(Cl)c(NC(=O)c2ccc(NC(=O)C3CC3)s2)c1. The minimum absolute atomic E-state index is 0.0102. The molecule has 0 unspecified atom stereocenters. The smallest absolute Gasteiger partial charge is 0.265 e. The van der Waals surface area contributed by atoms with Crippen LogP contribution in [0.1, 0.15) is 32.9 Å². The maximum atomic E-state index is 12.6. The van der Waals surface area contributed by atoms with Gasteiger partial charge in [0.2, 0.25) is 5.91 Å². The fourth-order valence-electron chi connectivity index (χ4n) is 2.77. The molecule has 1 fully saturated rings. The molecule has 6 nitrogen and oxygen atoms in total. The van der Waals surface area contributed by atoms with Crippen LogP contribution in [-0.2, 0) is 4.79 Å². The fourth-order valence-corrected chi connectivity index (χ4v) is 3.74. The van der Waals surface area contributed by atoms with Gasteiger partial charge in [0.15, 0.2) is 0 Å². The second-order valence-electron chi connectivity index (χ2n) is 6.90. The molecule has 1 aromatic heterocycles. The average molecular weight is 440 g/mol. The Kier molecular flexibility index (Phi) is 5.83. The van der Waals surface area contributed by atoms with Crippen LogP contribution in [0.4, 0.5) is 16.4 Å². The Bertz CT molecular complexity index is 1110. The summed E-state index contributed by atoms with van der Waals surface area (Å²) in [5.41, 5.74) is 1.36. The van der Waals surface area contributed by atoms with Gasteiger partial charge in [0.25, 0.3) is 11.8 Å². The molecule has 1 aliphatic rings. The number of hydrogen-bond acceptors (Lipinski definition) is 4. The Morgan fingerprint density at radius 1 is 0.867 bits per heavy atom. The van der Waals surface area contributed by atoms with E-state index >= 15 is 0 Å². The van der Waals surface area contributed by atoms with Gasteiger partial charge < -0.3 is 16.0 Å². The maximum absolute atomic E-state index is 12.6.